The Bertz CT molecular complexity index is 533. The molecule has 1 radical (unpaired) electrons. The van der Waals surface area contributed by atoms with E-state index in [0.29, 0.717) is 0 Å². The van der Waals surface area contributed by atoms with Crippen LogP contribution in [-0.2, 0) is 0 Å². The lowest BCUT2D eigenvalue weighted by Gasteiger charge is -2.13. The van der Waals surface area contributed by atoms with Crippen LogP contribution < -0.4 is 5.32 Å². The van der Waals surface area contributed by atoms with Crippen LogP contribution in [0, 0.1) is 0 Å². The molecule has 2 rings (SSSR count). The van der Waals surface area contributed by atoms with Crippen molar-refractivity contribution < 1.29 is 5.32 Å². The monoisotopic (exact) mass is 251 g/mol. The quantitative estimate of drug-likeness (QED) is 0.805. The summed E-state index contributed by atoms with van der Waals surface area (Å²) in [7, 11) is 0. The van der Waals surface area contributed by atoms with Crippen LogP contribution in [-0.4, -0.2) is 5.54 Å². The van der Waals surface area contributed by atoms with Gasteiger partial charge in [-0.05, 0) is 38.5 Å². The highest BCUT2D eigenvalue weighted by Crippen LogP contribution is 2.13. The van der Waals surface area contributed by atoms with Crippen LogP contribution in [0.5, 0.6) is 0 Å². The Hall–Kier alpha value is -1.86. The van der Waals surface area contributed by atoms with Gasteiger partial charge < -0.3 is 0 Å². The molecule has 1 nitrogen and oxygen atoms in total. The molecule has 0 saturated carbocycles. The van der Waals surface area contributed by atoms with Crippen molar-refractivity contribution in [3.63, 3.8) is 0 Å². The number of benzene rings is 2. The minimum Gasteiger partial charge on any atom is -0.142 e. The Morgan fingerprint density at radius 1 is 0.842 bits per heavy atom. The summed E-state index contributed by atoms with van der Waals surface area (Å²) < 4.78 is 0. The SMILES string of the molecule is CC(C)(C)[NH+]/C(=C/c1ccccc1)c1ccccc1. The fraction of sp³-hybridized carbons (Fsp3) is 0.222. The molecule has 2 aromatic carbocycles. The third-order valence-electron chi connectivity index (χ3n) is 2.71. The van der Waals surface area contributed by atoms with E-state index in [4.69, 9.17) is 0 Å². The normalized spacial score (nSPS) is 12.5. The number of rotatable bonds is 3. The maximum atomic E-state index is 3.58. The first-order valence-electron chi connectivity index (χ1n) is 6.65. The Labute approximate surface area is 116 Å². The van der Waals surface area contributed by atoms with Crippen LogP contribution in [0.3, 0.4) is 0 Å². The van der Waals surface area contributed by atoms with E-state index < -0.39 is 0 Å². The van der Waals surface area contributed by atoms with Gasteiger partial charge in [0.25, 0.3) is 0 Å². The predicted octanol–water partition coefficient (Wildman–Crippen LogP) is 3.33. The Morgan fingerprint density at radius 3 is 1.89 bits per heavy atom. The van der Waals surface area contributed by atoms with E-state index >= 15 is 0 Å². The molecular formula is C18H21N+. The van der Waals surface area contributed by atoms with E-state index in [1.54, 1.807) is 0 Å². The molecule has 0 fully saturated rings. The molecular weight excluding hydrogens is 230 g/mol. The number of hydrogen-bond donors (Lipinski definition) is 1. The molecule has 0 bridgehead atoms. The first-order chi connectivity index (χ1) is 9.04. The third kappa shape index (κ3) is 4.38. The molecule has 0 saturated heterocycles. The average Bonchev–Trinajstić information content (AvgIpc) is 2.39. The second-order valence-corrected chi connectivity index (χ2v) is 5.71. The first kappa shape index (κ1) is 13.6. The van der Waals surface area contributed by atoms with Gasteiger partial charge in [0.15, 0.2) is 5.70 Å². The number of nitrogens with one attached hydrogen (secondary N) is 1. The maximum absolute atomic E-state index is 3.58. The Balaban J connectivity index is 2.38. The van der Waals surface area contributed by atoms with Crippen LogP contribution in [0.25, 0.3) is 11.8 Å². The van der Waals surface area contributed by atoms with Crippen LogP contribution in [0.4, 0.5) is 0 Å². The fourth-order valence-electron chi connectivity index (χ4n) is 1.93. The zero-order chi connectivity index (χ0) is 13.7. The first-order valence-corrected chi connectivity index (χ1v) is 6.65. The maximum Gasteiger partial charge on any atom is 0.187 e. The summed E-state index contributed by atoms with van der Waals surface area (Å²) in [6, 6.07) is 20.8. The van der Waals surface area contributed by atoms with Gasteiger partial charge in [0, 0.05) is 11.6 Å². The summed E-state index contributed by atoms with van der Waals surface area (Å²) in [5.41, 5.74) is 3.61. The highest BCUT2D eigenvalue weighted by Gasteiger charge is 2.22. The van der Waals surface area contributed by atoms with E-state index in [2.05, 4.69) is 80.7 Å². The van der Waals surface area contributed by atoms with Crippen molar-refractivity contribution in [3.8, 4) is 0 Å². The topological polar surface area (TPSA) is 15.6 Å². The molecule has 0 amide bonds. The molecule has 1 heteroatoms. The van der Waals surface area contributed by atoms with Crippen molar-refractivity contribution in [1.29, 1.82) is 0 Å². The predicted molar refractivity (Wildman–Crippen MR) is 81.5 cm³/mol. The van der Waals surface area contributed by atoms with E-state index in [9.17, 15) is 0 Å². The summed E-state index contributed by atoms with van der Waals surface area (Å²) in [5, 5.41) is 3.58. The molecule has 97 valence electrons. The summed E-state index contributed by atoms with van der Waals surface area (Å²) in [4.78, 5) is 0. The molecule has 0 aromatic heterocycles. The van der Waals surface area contributed by atoms with Gasteiger partial charge in [-0.25, -0.2) is 0 Å². The van der Waals surface area contributed by atoms with Crippen LogP contribution in [0.2, 0.25) is 0 Å². The van der Waals surface area contributed by atoms with Crippen molar-refractivity contribution in [2.24, 2.45) is 0 Å². The summed E-state index contributed by atoms with van der Waals surface area (Å²) >= 11 is 0. The standard InChI is InChI=1S/C18H21N/c1-18(2,3)19-17(16-12-8-5-9-13-16)14-15-10-6-4-7-11-15/h4-14,19H,1-3H3/q+1/b17-14+. The average molecular weight is 251 g/mol. The minimum atomic E-state index is 0.0381. The van der Waals surface area contributed by atoms with E-state index in [1.807, 2.05) is 12.1 Å². The Kier molecular flexibility index (Phi) is 4.18. The molecule has 19 heavy (non-hydrogen) atoms. The summed E-state index contributed by atoms with van der Waals surface area (Å²) in [6.45, 7) is 6.53. The van der Waals surface area contributed by atoms with Crippen molar-refractivity contribution in [1.82, 2.24) is 0 Å². The van der Waals surface area contributed by atoms with Crippen molar-refractivity contribution in [2.45, 2.75) is 26.3 Å². The van der Waals surface area contributed by atoms with Gasteiger partial charge in [0.1, 0.15) is 5.54 Å². The second kappa shape index (κ2) is 5.85. The van der Waals surface area contributed by atoms with Gasteiger partial charge in [-0.2, -0.15) is 0 Å². The van der Waals surface area contributed by atoms with Crippen molar-refractivity contribution in [3.05, 3.63) is 71.8 Å². The van der Waals surface area contributed by atoms with Crippen LogP contribution in [0.1, 0.15) is 31.9 Å². The lowest BCUT2D eigenvalue weighted by atomic mass is 10.0. The van der Waals surface area contributed by atoms with Crippen molar-refractivity contribution >= 4 is 11.8 Å². The van der Waals surface area contributed by atoms with Gasteiger partial charge >= 0.3 is 0 Å². The minimum absolute atomic E-state index is 0.0381. The fourth-order valence-corrected chi connectivity index (χ4v) is 1.93. The molecule has 0 spiro atoms. The van der Waals surface area contributed by atoms with Gasteiger partial charge in [0.2, 0.25) is 0 Å². The Morgan fingerprint density at radius 2 is 1.37 bits per heavy atom. The molecule has 0 unspecified atom stereocenters. The third-order valence-corrected chi connectivity index (χ3v) is 2.71. The highest BCUT2D eigenvalue weighted by atomic mass is 15.0. The van der Waals surface area contributed by atoms with Crippen LogP contribution in [0.15, 0.2) is 60.7 Å². The highest BCUT2D eigenvalue weighted by molar-refractivity contribution is 5.75. The zero-order valence-electron chi connectivity index (χ0n) is 11.9. The van der Waals surface area contributed by atoms with Gasteiger partial charge in [-0.3, -0.25) is 0 Å². The molecule has 0 aliphatic heterocycles. The lowest BCUT2D eigenvalue weighted by molar-refractivity contribution is -0.633. The van der Waals surface area contributed by atoms with Gasteiger partial charge in [0.05, 0.1) is 0 Å². The van der Waals surface area contributed by atoms with E-state index in [0.717, 1.165) is 5.70 Å². The van der Waals surface area contributed by atoms with E-state index in [-0.39, 0.29) is 5.54 Å². The summed E-state index contributed by atoms with van der Waals surface area (Å²) in [5.74, 6) is 0. The van der Waals surface area contributed by atoms with Gasteiger partial charge in [-0.1, -0.05) is 48.5 Å². The van der Waals surface area contributed by atoms with Crippen molar-refractivity contribution in [2.75, 3.05) is 0 Å². The molecule has 2 aromatic rings. The largest absolute Gasteiger partial charge is 0.187 e. The van der Waals surface area contributed by atoms with E-state index in [1.165, 1.54) is 11.1 Å². The molecule has 0 aliphatic carbocycles. The lowest BCUT2D eigenvalue weighted by Crippen LogP contribution is -2.91. The summed E-state index contributed by atoms with van der Waals surface area (Å²) in [6.07, 6.45) is 2.20. The molecule has 1 N–H and O–H groups in total. The van der Waals surface area contributed by atoms with Gasteiger partial charge in [-0.15, -0.1) is 5.32 Å². The zero-order valence-corrected chi connectivity index (χ0v) is 11.9. The second-order valence-electron chi connectivity index (χ2n) is 5.71. The smallest absolute Gasteiger partial charge is 0.142 e. The van der Waals surface area contributed by atoms with Crippen LogP contribution >= 0.6 is 0 Å². The molecule has 0 heterocycles. The molecule has 0 atom stereocenters. The molecule has 0 aliphatic rings. The number of hydrogen-bond acceptors (Lipinski definition) is 1.